The second kappa shape index (κ2) is 9.61. The third-order valence-corrected chi connectivity index (χ3v) is 6.90. The first-order valence-corrected chi connectivity index (χ1v) is 11.6. The van der Waals surface area contributed by atoms with E-state index in [9.17, 15) is 13.2 Å². The van der Waals surface area contributed by atoms with E-state index >= 15 is 0 Å². The van der Waals surface area contributed by atoms with Crippen LogP contribution in [-0.2, 0) is 10.0 Å². The molecule has 6 nitrogen and oxygen atoms in total. The highest BCUT2D eigenvalue weighted by Gasteiger charge is 2.18. The van der Waals surface area contributed by atoms with E-state index in [-0.39, 0.29) is 21.5 Å². The summed E-state index contributed by atoms with van der Waals surface area (Å²) in [5, 5.41) is 3.10. The van der Waals surface area contributed by atoms with Gasteiger partial charge in [0, 0.05) is 12.1 Å². The van der Waals surface area contributed by atoms with Crippen molar-refractivity contribution in [3.63, 3.8) is 0 Å². The van der Waals surface area contributed by atoms with Crippen molar-refractivity contribution in [3.8, 4) is 0 Å². The van der Waals surface area contributed by atoms with E-state index in [4.69, 9.17) is 11.6 Å². The van der Waals surface area contributed by atoms with Crippen molar-refractivity contribution in [1.82, 2.24) is 10.2 Å². The average Bonchev–Trinajstić information content (AvgIpc) is 2.71. The zero-order valence-electron chi connectivity index (χ0n) is 16.4. The predicted octanol–water partition coefficient (Wildman–Crippen LogP) is 3.60. The second-order valence-electron chi connectivity index (χ2n) is 7.40. The normalized spacial score (nSPS) is 15.8. The molecule has 1 heterocycles. The van der Waals surface area contributed by atoms with Crippen LogP contribution in [0.2, 0.25) is 5.02 Å². The van der Waals surface area contributed by atoms with Crippen LogP contribution < -0.4 is 10.0 Å². The fraction of sp³-hybridized carbons (Fsp3) is 0.381. The molecule has 0 aromatic heterocycles. The molecule has 1 aliphatic heterocycles. The Kier molecular flexibility index (Phi) is 7.16. The van der Waals surface area contributed by atoms with E-state index < -0.39 is 10.0 Å². The number of carbonyl (C=O) groups excluding carboxylic acids is 1. The standard InChI is InChI=1S/C21H26ClN3O3S/c1-25-13-10-16(11-14-25)9-12-23-21(26)17-7-8-20(19(22)15-17)24-29(27,28)18-5-3-2-4-6-18/h2-8,15-16,24H,9-14H2,1H3,(H,23,26). The average molecular weight is 436 g/mol. The molecule has 2 aromatic rings. The Morgan fingerprint density at radius 2 is 1.83 bits per heavy atom. The summed E-state index contributed by atoms with van der Waals surface area (Å²) in [6, 6.07) is 12.6. The van der Waals surface area contributed by atoms with Crippen LogP contribution in [0.5, 0.6) is 0 Å². The van der Waals surface area contributed by atoms with Crippen LogP contribution in [0.3, 0.4) is 0 Å². The minimum Gasteiger partial charge on any atom is -0.352 e. The Hall–Kier alpha value is -2.09. The molecule has 3 rings (SSSR count). The highest BCUT2D eigenvalue weighted by Crippen LogP contribution is 2.26. The molecule has 2 N–H and O–H groups in total. The molecule has 29 heavy (non-hydrogen) atoms. The molecule has 1 fully saturated rings. The lowest BCUT2D eigenvalue weighted by Crippen LogP contribution is -2.32. The fourth-order valence-electron chi connectivity index (χ4n) is 3.39. The SMILES string of the molecule is CN1CCC(CCNC(=O)c2ccc(NS(=O)(=O)c3ccccc3)c(Cl)c2)CC1. The van der Waals surface area contributed by atoms with Gasteiger partial charge in [0.05, 0.1) is 15.6 Å². The summed E-state index contributed by atoms with van der Waals surface area (Å²) in [6.45, 7) is 2.83. The largest absolute Gasteiger partial charge is 0.352 e. The number of rotatable bonds is 7. The maximum Gasteiger partial charge on any atom is 0.261 e. The van der Waals surface area contributed by atoms with Gasteiger partial charge in [-0.3, -0.25) is 9.52 Å². The summed E-state index contributed by atoms with van der Waals surface area (Å²) in [6.07, 6.45) is 3.28. The number of nitrogens with zero attached hydrogens (tertiary/aromatic N) is 1. The van der Waals surface area contributed by atoms with E-state index in [0.29, 0.717) is 18.0 Å². The van der Waals surface area contributed by atoms with Crippen molar-refractivity contribution in [1.29, 1.82) is 0 Å². The minimum atomic E-state index is -3.74. The van der Waals surface area contributed by atoms with E-state index in [1.807, 2.05) is 0 Å². The van der Waals surface area contributed by atoms with Crippen LogP contribution in [0.4, 0.5) is 5.69 Å². The molecule has 0 saturated carbocycles. The number of hydrogen-bond donors (Lipinski definition) is 2. The number of anilines is 1. The summed E-state index contributed by atoms with van der Waals surface area (Å²) in [7, 11) is -1.61. The van der Waals surface area contributed by atoms with Crippen LogP contribution in [0.15, 0.2) is 53.4 Å². The van der Waals surface area contributed by atoms with Gasteiger partial charge >= 0.3 is 0 Å². The fourth-order valence-corrected chi connectivity index (χ4v) is 4.77. The number of piperidine rings is 1. The van der Waals surface area contributed by atoms with Crippen LogP contribution in [0.1, 0.15) is 29.6 Å². The van der Waals surface area contributed by atoms with E-state index in [2.05, 4.69) is 22.0 Å². The van der Waals surface area contributed by atoms with Crippen molar-refractivity contribution < 1.29 is 13.2 Å². The summed E-state index contributed by atoms with van der Waals surface area (Å²) < 4.78 is 27.3. The van der Waals surface area contributed by atoms with Gasteiger partial charge in [-0.2, -0.15) is 0 Å². The number of likely N-dealkylation sites (tertiary alicyclic amines) is 1. The molecule has 2 aromatic carbocycles. The summed E-state index contributed by atoms with van der Waals surface area (Å²) >= 11 is 6.22. The first-order valence-electron chi connectivity index (χ1n) is 9.69. The number of nitrogens with one attached hydrogen (secondary N) is 2. The molecule has 8 heteroatoms. The highest BCUT2D eigenvalue weighted by molar-refractivity contribution is 7.92. The quantitative estimate of drug-likeness (QED) is 0.696. The summed E-state index contributed by atoms with van der Waals surface area (Å²) in [4.78, 5) is 14.9. The maximum absolute atomic E-state index is 12.4. The Balaban J connectivity index is 1.56. The van der Waals surface area contributed by atoms with Gasteiger partial charge in [0.25, 0.3) is 15.9 Å². The molecular formula is C21H26ClN3O3S. The number of amides is 1. The first kappa shape index (κ1) is 21.6. The summed E-state index contributed by atoms with van der Waals surface area (Å²) in [5.74, 6) is 0.433. The van der Waals surface area contributed by atoms with Crippen molar-refractivity contribution in [2.45, 2.75) is 24.2 Å². The van der Waals surface area contributed by atoms with Gasteiger partial charge in [-0.25, -0.2) is 8.42 Å². The van der Waals surface area contributed by atoms with Gasteiger partial charge in [0.15, 0.2) is 0 Å². The van der Waals surface area contributed by atoms with Gasteiger partial charge < -0.3 is 10.2 Å². The van der Waals surface area contributed by atoms with Gasteiger partial charge in [-0.1, -0.05) is 29.8 Å². The molecule has 0 unspecified atom stereocenters. The van der Waals surface area contributed by atoms with Crippen molar-refractivity contribution >= 4 is 33.2 Å². The Morgan fingerprint density at radius 3 is 2.48 bits per heavy atom. The lowest BCUT2D eigenvalue weighted by molar-refractivity contribution is 0.0949. The zero-order chi connectivity index (χ0) is 20.9. The van der Waals surface area contributed by atoms with E-state index in [1.54, 1.807) is 24.3 Å². The van der Waals surface area contributed by atoms with Crippen molar-refractivity contribution in [3.05, 3.63) is 59.1 Å². The zero-order valence-corrected chi connectivity index (χ0v) is 18.0. The number of carbonyl (C=O) groups is 1. The predicted molar refractivity (Wildman–Crippen MR) is 116 cm³/mol. The van der Waals surface area contributed by atoms with Crippen molar-refractivity contribution in [2.24, 2.45) is 5.92 Å². The molecule has 0 atom stereocenters. The number of halogens is 1. The lowest BCUT2D eigenvalue weighted by atomic mass is 9.94. The number of hydrogen-bond acceptors (Lipinski definition) is 4. The minimum absolute atomic E-state index is 0.145. The Labute approximate surface area is 177 Å². The van der Waals surface area contributed by atoms with E-state index in [1.165, 1.54) is 24.3 Å². The first-order chi connectivity index (χ1) is 13.8. The maximum atomic E-state index is 12.4. The van der Waals surface area contributed by atoms with Crippen LogP contribution in [0.25, 0.3) is 0 Å². The molecule has 1 aliphatic rings. The third-order valence-electron chi connectivity index (χ3n) is 5.21. The topological polar surface area (TPSA) is 78.5 Å². The number of sulfonamides is 1. The lowest BCUT2D eigenvalue weighted by Gasteiger charge is -2.28. The molecule has 1 amide bonds. The molecule has 1 saturated heterocycles. The van der Waals surface area contributed by atoms with Gasteiger partial charge in [-0.05, 0) is 75.6 Å². The van der Waals surface area contributed by atoms with Gasteiger partial charge in [0.2, 0.25) is 0 Å². The molecule has 156 valence electrons. The molecule has 0 radical (unpaired) electrons. The van der Waals surface area contributed by atoms with Crippen LogP contribution in [0, 0.1) is 5.92 Å². The molecular weight excluding hydrogens is 410 g/mol. The number of benzene rings is 2. The van der Waals surface area contributed by atoms with Gasteiger partial charge in [0.1, 0.15) is 0 Å². The monoisotopic (exact) mass is 435 g/mol. The molecule has 0 spiro atoms. The summed E-state index contributed by atoms with van der Waals surface area (Å²) in [5.41, 5.74) is 0.638. The Bertz CT molecular complexity index is 943. The van der Waals surface area contributed by atoms with E-state index in [0.717, 1.165) is 32.4 Å². The smallest absolute Gasteiger partial charge is 0.261 e. The molecule has 0 bridgehead atoms. The van der Waals surface area contributed by atoms with Crippen LogP contribution in [-0.4, -0.2) is 45.9 Å². The van der Waals surface area contributed by atoms with Crippen LogP contribution >= 0.6 is 11.6 Å². The molecule has 0 aliphatic carbocycles. The third kappa shape index (κ3) is 5.95. The second-order valence-corrected chi connectivity index (χ2v) is 9.49. The highest BCUT2D eigenvalue weighted by atomic mass is 35.5. The van der Waals surface area contributed by atoms with Crippen molar-refractivity contribution in [2.75, 3.05) is 31.4 Å². The Morgan fingerprint density at radius 1 is 1.14 bits per heavy atom. The van der Waals surface area contributed by atoms with Gasteiger partial charge in [-0.15, -0.1) is 0 Å².